The standard InChI is InChI=1S/C16H19N5O2/c1-16(11-21(12-16)8-10-22-9-4-6-17)15-20-19-14(23-15)13-5-2-3-7-18-13/h2-3,5,7H,4,8-12H2,1H3. The second-order valence-corrected chi connectivity index (χ2v) is 5.92. The second-order valence-electron chi connectivity index (χ2n) is 5.92. The minimum Gasteiger partial charge on any atom is -0.419 e. The lowest BCUT2D eigenvalue weighted by atomic mass is 9.82. The van der Waals surface area contributed by atoms with Gasteiger partial charge in [-0.05, 0) is 19.1 Å². The maximum absolute atomic E-state index is 8.44. The third-order valence-corrected chi connectivity index (χ3v) is 3.88. The summed E-state index contributed by atoms with van der Waals surface area (Å²) in [7, 11) is 0. The zero-order valence-corrected chi connectivity index (χ0v) is 13.1. The van der Waals surface area contributed by atoms with Crippen molar-refractivity contribution in [2.75, 3.05) is 32.8 Å². The number of hydrogen-bond donors (Lipinski definition) is 0. The Balaban J connectivity index is 1.51. The molecule has 3 heterocycles. The Morgan fingerprint density at radius 1 is 1.35 bits per heavy atom. The highest BCUT2D eigenvalue weighted by atomic mass is 16.5. The normalized spacial score (nSPS) is 16.7. The van der Waals surface area contributed by atoms with Crippen LogP contribution in [0.5, 0.6) is 0 Å². The van der Waals surface area contributed by atoms with E-state index in [9.17, 15) is 0 Å². The predicted molar refractivity (Wildman–Crippen MR) is 82.4 cm³/mol. The fourth-order valence-corrected chi connectivity index (χ4v) is 2.71. The van der Waals surface area contributed by atoms with E-state index in [0.29, 0.717) is 37.1 Å². The summed E-state index contributed by atoms with van der Waals surface area (Å²) in [5, 5.41) is 16.7. The van der Waals surface area contributed by atoms with Gasteiger partial charge in [-0.2, -0.15) is 5.26 Å². The molecule has 0 atom stereocenters. The topological polar surface area (TPSA) is 88.1 Å². The van der Waals surface area contributed by atoms with Gasteiger partial charge in [-0.15, -0.1) is 10.2 Å². The largest absolute Gasteiger partial charge is 0.419 e. The van der Waals surface area contributed by atoms with Crippen LogP contribution in [0.25, 0.3) is 11.6 Å². The molecule has 1 aliphatic rings. The molecule has 23 heavy (non-hydrogen) atoms. The number of nitriles is 1. The van der Waals surface area contributed by atoms with Crippen LogP contribution in [0.3, 0.4) is 0 Å². The number of pyridine rings is 1. The molecule has 7 nitrogen and oxygen atoms in total. The number of ether oxygens (including phenoxy) is 1. The van der Waals surface area contributed by atoms with Crippen LogP contribution >= 0.6 is 0 Å². The molecule has 1 fully saturated rings. The van der Waals surface area contributed by atoms with Gasteiger partial charge in [0, 0.05) is 25.8 Å². The highest BCUT2D eigenvalue weighted by molar-refractivity contribution is 5.45. The van der Waals surface area contributed by atoms with Crippen LogP contribution in [0, 0.1) is 11.3 Å². The smallest absolute Gasteiger partial charge is 0.266 e. The summed E-state index contributed by atoms with van der Waals surface area (Å²) in [5.74, 6) is 1.11. The van der Waals surface area contributed by atoms with Crippen molar-refractivity contribution in [1.29, 1.82) is 5.26 Å². The van der Waals surface area contributed by atoms with Crippen LogP contribution in [0.4, 0.5) is 0 Å². The van der Waals surface area contributed by atoms with E-state index in [1.54, 1.807) is 6.20 Å². The van der Waals surface area contributed by atoms with E-state index in [4.69, 9.17) is 14.4 Å². The SMILES string of the molecule is CC1(c2nnc(-c3ccccn3)o2)CN(CCOCCC#N)C1. The number of likely N-dealkylation sites (tertiary alicyclic amines) is 1. The van der Waals surface area contributed by atoms with E-state index in [-0.39, 0.29) is 5.41 Å². The summed E-state index contributed by atoms with van der Waals surface area (Å²) >= 11 is 0. The quantitative estimate of drug-likeness (QED) is 0.718. The summed E-state index contributed by atoms with van der Waals surface area (Å²) in [6.45, 7) is 5.83. The molecule has 0 bridgehead atoms. The third-order valence-electron chi connectivity index (χ3n) is 3.88. The molecule has 2 aromatic rings. The van der Waals surface area contributed by atoms with Crippen molar-refractivity contribution in [1.82, 2.24) is 20.1 Å². The Morgan fingerprint density at radius 3 is 2.96 bits per heavy atom. The Morgan fingerprint density at radius 2 is 2.22 bits per heavy atom. The van der Waals surface area contributed by atoms with Gasteiger partial charge in [-0.3, -0.25) is 9.88 Å². The summed E-state index contributed by atoms with van der Waals surface area (Å²) in [6.07, 6.45) is 2.15. The Labute approximate surface area is 134 Å². The zero-order valence-electron chi connectivity index (χ0n) is 13.1. The molecule has 0 amide bonds. The predicted octanol–water partition coefficient (Wildman–Crippen LogP) is 1.64. The van der Waals surface area contributed by atoms with Gasteiger partial charge < -0.3 is 9.15 Å². The van der Waals surface area contributed by atoms with Gasteiger partial charge in [0.25, 0.3) is 5.89 Å². The average Bonchev–Trinajstić information content (AvgIpc) is 3.04. The minimum atomic E-state index is -0.118. The molecule has 0 spiro atoms. The second kappa shape index (κ2) is 6.86. The van der Waals surface area contributed by atoms with Crippen LogP contribution in [-0.2, 0) is 10.2 Å². The maximum Gasteiger partial charge on any atom is 0.266 e. The summed E-state index contributed by atoms with van der Waals surface area (Å²) in [4.78, 5) is 6.50. The molecule has 0 aromatic carbocycles. The monoisotopic (exact) mass is 313 g/mol. The maximum atomic E-state index is 8.44. The zero-order chi connectivity index (χ0) is 16.1. The Hall–Kier alpha value is -2.30. The van der Waals surface area contributed by atoms with Crippen LogP contribution in [0.2, 0.25) is 0 Å². The molecule has 1 saturated heterocycles. The van der Waals surface area contributed by atoms with Crippen molar-refractivity contribution in [3.8, 4) is 17.7 Å². The molecular weight excluding hydrogens is 294 g/mol. The van der Waals surface area contributed by atoms with Crippen LogP contribution in [0.1, 0.15) is 19.2 Å². The van der Waals surface area contributed by atoms with Gasteiger partial charge in [0.15, 0.2) is 0 Å². The number of rotatable bonds is 7. The molecule has 120 valence electrons. The van der Waals surface area contributed by atoms with Crippen LogP contribution in [0.15, 0.2) is 28.8 Å². The first-order valence-electron chi connectivity index (χ1n) is 7.64. The molecular formula is C16H19N5O2. The van der Waals surface area contributed by atoms with Crippen LogP contribution in [-0.4, -0.2) is 52.9 Å². The molecule has 0 radical (unpaired) electrons. The van der Waals surface area contributed by atoms with E-state index in [1.165, 1.54) is 0 Å². The van der Waals surface area contributed by atoms with Crippen molar-refractivity contribution >= 4 is 0 Å². The van der Waals surface area contributed by atoms with Gasteiger partial charge in [0.2, 0.25) is 5.89 Å². The van der Waals surface area contributed by atoms with Gasteiger partial charge in [0.05, 0.1) is 31.1 Å². The molecule has 2 aromatic heterocycles. The highest BCUT2D eigenvalue weighted by Gasteiger charge is 2.44. The van der Waals surface area contributed by atoms with Gasteiger partial charge in [-0.25, -0.2) is 0 Å². The average molecular weight is 313 g/mol. The van der Waals surface area contributed by atoms with Crippen molar-refractivity contribution in [3.05, 3.63) is 30.3 Å². The van der Waals surface area contributed by atoms with Crippen LogP contribution < -0.4 is 0 Å². The van der Waals surface area contributed by atoms with Crippen molar-refractivity contribution in [2.24, 2.45) is 0 Å². The molecule has 0 saturated carbocycles. The summed E-state index contributed by atoms with van der Waals surface area (Å²) in [6, 6.07) is 7.66. The first kappa shape index (κ1) is 15.6. The minimum absolute atomic E-state index is 0.118. The van der Waals surface area contributed by atoms with Gasteiger partial charge in [0.1, 0.15) is 5.69 Å². The van der Waals surface area contributed by atoms with Crippen molar-refractivity contribution in [2.45, 2.75) is 18.8 Å². The van der Waals surface area contributed by atoms with Gasteiger partial charge >= 0.3 is 0 Å². The summed E-state index contributed by atoms with van der Waals surface area (Å²) in [5.41, 5.74) is 0.573. The fourth-order valence-electron chi connectivity index (χ4n) is 2.71. The molecule has 0 aliphatic carbocycles. The lowest BCUT2D eigenvalue weighted by Crippen LogP contribution is -2.58. The fraction of sp³-hybridized carbons (Fsp3) is 0.500. The Bertz CT molecular complexity index is 673. The lowest BCUT2D eigenvalue weighted by molar-refractivity contribution is 0.0253. The number of hydrogen-bond acceptors (Lipinski definition) is 7. The summed E-state index contributed by atoms with van der Waals surface area (Å²) < 4.78 is 11.2. The molecule has 1 aliphatic heterocycles. The molecule has 0 N–H and O–H groups in total. The Kier molecular flexibility index (Phi) is 4.65. The number of nitrogens with zero attached hydrogens (tertiary/aromatic N) is 5. The third kappa shape index (κ3) is 3.55. The molecule has 0 unspecified atom stereocenters. The lowest BCUT2D eigenvalue weighted by Gasteiger charge is -2.45. The van der Waals surface area contributed by atoms with E-state index >= 15 is 0 Å². The molecule has 3 rings (SSSR count). The van der Waals surface area contributed by atoms with E-state index in [0.717, 1.165) is 19.6 Å². The first-order chi connectivity index (χ1) is 11.2. The van der Waals surface area contributed by atoms with E-state index < -0.39 is 0 Å². The van der Waals surface area contributed by atoms with Crippen molar-refractivity contribution < 1.29 is 9.15 Å². The molecule has 7 heteroatoms. The van der Waals surface area contributed by atoms with E-state index in [2.05, 4.69) is 33.1 Å². The van der Waals surface area contributed by atoms with E-state index in [1.807, 2.05) is 18.2 Å². The van der Waals surface area contributed by atoms with Gasteiger partial charge in [-0.1, -0.05) is 6.07 Å². The highest BCUT2D eigenvalue weighted by Crippen LogP contribution is 2.34. The first-order valence-corrected chi connectivity index (χ1v) is 7.64. The van der Waals surface area contributed by atoms with Crippen molar-refractivity contribution in [3.63, 3.8) is 0 Å². The number of aromatic nitrogens is 3.